The van der Waals surface area contributed by atoms with Crippen molar-refractivity contribution in [1.29, 1.82) is 5.26 Å². The van der Waals surface area contributed by atoms with Crippen LogP contribution in [0.3, 0.4) is 0 Å². The summed E-state index contributed by atoms with van der Waals surface area (Å²) in [5, 5.41) is 12.8. The van der Waals surface area contributed by atoms with Gasteiger partial charge in [-0.1, -0.05) is 22.8 Å². The minimum Gasteiger partial charge on any atom is -0.484 e. The van der Waals surface area contributed by atoms with Crippen molar-refractivity contribution in [2.75, 3.05) is 0 Å². The molecule has 80 valence electrons. The third-order valence-electron chi connectivity index (χ3n) is 1.95. The van der Waals surface area contributed by atoms with E-state index in [9.17, 15) is 0 Å². The fourth-order valence-electron chi connectivity index (χ4n) is 1.20. The fraction of sp³-hybridized carbons (Fsp3) is 0.0909. The number of benzene rings is 1. The van der Waals surface area contributed by atoms with Crippen LogP contribution in [-0.4, -0.2) is 5.16 Å². The third-order valence-corrected chi connectivity index (χ3v) is 2.26. The Balaban J connectivity index is 2.16. The predicted octanol–water partition coefficient (Wildman–Crippen LogP) is 2.78. The summed E-state index contributed by atoms with van der Waals surface area (Å²) in [6, 6.07) is 8.72. The number of halogens is 1. The lowest BCUT2D eigenvalue weighted by atomic mass is 10.2. The minimum absolute atomic E-state index is 0.217. The molecule has 0 aliphatic heterocycles. The second kappa shape index (κ2) is 4.69. The van der Waals surface area contributed by atoms with Crippen molar-refractivity contribution >= 4 is 11.6 Å². The van der Waals surface area contributed by atoms with Gasteiger partial charge in [-0.15, -0.1) is 0 Å². The van der Waals surface area contributed by atoms with Crippen molar-refractivity contribution in [3.63, 3.8) is 0 Å². The van der Waals surface area contributed by atoms with Gasteiger partial charge in [-0.05, 0) is 12.1 Å². The van der Waals surface area contributed by atoms with E-state index in [1.165, 1.54) is 6.20 Å². The van der Waals surface area contributed by atoms with Crippen LogP contribution in [0.2, 0.25) is 5.02 Å². The molecular formula is C11H7ClN2O2. The average Bonchev–Trinajstić information content (AvgIpc) is 2.79. The maximum atomic E-state index is 8.91. The molecule has 0 aliphatic carbocycles. The van der Waals surface area contributed by atoms with Crippen molar-refractivity contribution < 1.29 is 9.26 Å². The number of nitriles is 1. The Morgan fingerprint density at radius 3 is 3.00 bits per heavy atom. The van der Waals surface area contributed by atoms with E-state index < -0.39 is 0 Å². The van der Waals surface area contributed by atoms with Crippen LogP contribution in [0.25, 0.3) is 0 Å². The van der Waals surface area contributed by atoms with Crippen molar-refractivity contribution in [2.45, 2.75) is 6.61 Å². The summed E-state index contributed by atoms with van der Waals surface area (Å²) in [7, 11) is 0. The highest BCUT2D eigenvalue weighted by atomic mass is 35.5. The monoisotopic (exact) mass is 234 g/mol. The molecule has 0 amide bonds. The summed E-state index contributed by atoms with van der Waals surface area (Å²) in [4.78, 5) is 0. The molecule has 4 nitrogen and oxygen atoms in total. The molecule has 0 fully saturated rings. The zero-order valence-electron chi connectivity index (χ0n) is 8.18. The Labute approximate surface area is 97.0 Å². The van der Waals surface area contributed by atoms with E-state index in [-0.39, 0.29) is 6.61 Å². The number of hydrogen-bond acceptors (Lipinski definition) is 4. The molecule has 2 aromatic rings. The fourth-order valence-corrected chi connectivity index (χ4v) is 1.41. The number of nitrogens with zero attached hydrogens (tertiary/aromatic N) is 2. The Bertz CT molecular complexity index is 517. The number of aromatic nitrogens is 1. The summed E-state index contributed by atoms with van der Waals surface area (Å²) in [6.45, 7) is 0.217. The van der Waals surface area contributed by atoms with Crippen molar-refractivity contribution in [3.05, 3.63) is 46.8 Å². The van der Waals surface area contributed by atoms with Crippen LogP contribution in [0.15, 0.2) is 35.0 Å². The first-order valence-corrected chi connectivity index (χ1v) is 4.90. The molecule has 2 rings (SSSR count). The van der Waals surface area contributed by atoms with Crippen molar-refractivity contribution in [2.24, 2.45) is 0 Å². The van der Waals surface area contributed by atoms with E-state index in [1.807, 2.05) is 6.07 Å². The first-order valence-electron chi connectivity index (χ1n) is 4.52. The molecule has 1 aromatic heterocycles. The zero-order valence-corrected chi connectivity index (χ0v) is 8.94. The molecule has 0 atom stereocenters. The van der Waals surface area contributed by atoms with E-state index >= 15 is 0 Å². The van der Waals surface area contributed by atoms with Gasteiger partial charge in [-0.2, -0.15) is 5.26 Å². The molecule has 0 N–H and O–H groups in total. The highest BCUT2D eigenvalue weighted by Gasteiger charge is 2.08. The van der Waals surface area contributed by atoms with Crippen LogP contribution < -0.4 is 4.74 Å². The molecule has 0 bridgehead atoms. The molecule has 0 saturated heterocycles. The van der Waals surface area contributed by atoms with E-state index in [0.717, 1.165) is 0 Å². The molecule has 0 spiro atoms. The lowest BCUT2D eigenvalue weighted by Gasteiger charge is -2.06. The predicted molar refractivity (Wildman–Crippen MR) is 57.0 cm³/mol. The van der Waals surface area contributed by atoms with Crippen LogP contribution in [0.1, 0.15) is 11.3 Å². The molecule has 0 saturated carbocycles. The molecule has 5 heteroatoms. The first-order chi connectivity index (χ1) is 7.81. The smallest absolute Gasteiger partial charge is 0.174 e. The molecule has 16 heavy (non-hydrogen) atoms. The molecule has 0 radical (unpaired) electrons. The maximum absolute atomic E-state index is 8.91. The number of hydrogen-bond donors (Lipinski definition) is 0. The largest absolute Gasteiger partial charge is 0.484 e. The standard InChI is InChI=1S/C11H7ClN2O2/c12-10-2-1-3-11(9(10)6-13)15-7-8-4-5-14-16-8/h1-5H,7H2. The Hall–Kier alpha value is -1.99. The lowest BCUT2D eigenvalue weighted by Crippen LogP contribution is -1.96. The van der Waals surface area contributed by atoms with E-state index in [0.29, 0.717) is 22.1 Å². The van der Waals surface area contributed by atoms with E-state index in [1.54, 1.807) is 24.3 Å². The number of ether oxygens (including phenoxy) is 1. The van der Waals surface area contributed by atoms with Gasteiger partial charge in [0.1, 0.15) is 24.0 Å². The Morgan fingerprint density at radius 2 is 2.31 bits per heavy atom. The van der Waals surface area contributed by atoms with Crippen LogP contribution in [0, 0.1) is 11.3 Å². The van der Waals surface area contributed by atoms with Gasteiger partial charge in [0.25, 0.3) is 0 Å². The Kier molecular flexibility index (Phi) is 3.08. The van der Waals surface area contributed by atoms with Crippen LogP contribution in [0.4, 0.5) is 0 Å². The molecule has 0 aliphatic rings. The van der Waals surface area contributed by atoms with Crippen LogP contribution >= 0.6 is 11.6 Å². The first kappa shape index (κ1) is 10.5. The molecule has 1 heterocycles. The van der Waals surface area contributed by atoms with Gasteiger partial charge >= 0.3 is 0 Å². The second-order valence-electron chi connectivity index (χ2n) is 2.99. The minimum atomic E-state index is 0.217. The zero-order chi connectivity index (χ0) is 11.4. The highest BCUT2D eigenvalue weighted by Crippen LogP contribution is 2.25. The van der Waals surface area contributed by atoms with Gasteiger partial charge in [0, 0.05) is 6.07 Å². The van der Waals surface area contributed by atoms with Gasteiger partial charge in [0.15, 0.2) is 5.76 Å². The van der Waals surface area contributed by atoms with Gasteiger partial charge in [0.05, 0.1) is 11.2 Å². The lowest BCUT2D eigenvalue weighted by molar-refractivity contribution is 0.249. The summed E-state index contributed by atoms with van der Waals surface area (Å²) < 4.78 is 10.3. The van der Waals surface area contributed by atoms with Crippen molar-refractivity contribution in [1.82, 2.24) is 5.16 Å². The van der Waals surface area contributed by atoms with Crippen molar-refractivity contribution in [3.8, 4) is 11.8 Å². The summed E-state index contributed by atoms with van der Waals surface area (Å²) >= 11 is 5.85. The quantitative estimate of drug-likeness (QED) is 0.819. The average molecular weight is 235 g/mol. The Morgan fingerprint density at radius 1 is 1.44 bits per heavy atom. The van der Waals surface area contributed by atoms with Gasteiger partial charge in [-0.25, -0.2) is 0 Å². The molecule has 0 unspecified atom stereocenters. The maximum Gasteiger partial charge on any atom is 0.174 e. The topological polar surface area (TPSA) is 59.0 Å². The van der Waals surface area contributed by atoms with Gasteiger partial charge in [0.2, 0.25) is 0 Å². The van der Waals surface area contributed by atoms with E-state index in [2.05, 4.69) is 5.16 Å². The SMILES string of the molecule is N#Cc1c(Cl)cccc1OCc1ccno1. The van der Waals surface area contributed by atoms with Gasteiger partial charge < -0.3 is 9.26 Å². The van der Waals surface area contributed by atoms with Crippen LogP contribution in [-0.2, 0) is 6.61 Å². The summed E-state index contributed by atoms with van der Waals surface area (Å²) in [6.07, 6.45) is 1.53. The summed E-state index contributed by atoms with van der Waals surface area (Å²) in [5.74, 6) is 1.02. The normalized spacial score (nSPS) is 9.75. The van der Waals surface area contributed by atoms with Gasteiger partial charge in [-0.3, -0.25) is 0 Å². The van der Waals surface area contributed by atoms with E-state index in [4.69, 9.17) is 26.1 Å². The summed E-state index contributed by atoms with van der Waals surface area (Å²) in [5.41, 5.74) is 0.323. The highest BCUT2D eigenvalue weighted by molar-refractivity contribution is 6.31. The second-order valence-corrected chi connectivity index (χ2v) is 3.40. The molecular weight excluding hydrogens is 228 g/mol. The number of rotatable bonds is 3. The van der Waals surface area contributed by atoms with Crippen LogP contribution in [0.5, 0.6) is 5.75 Å². The molecule has 1 aromatic carbocycles. The third kappa shape index (κ3) is 2.15.